The van der Waals surface area contributed by atoms with Crippen molar-refractivity contribution in [1.82, 2.24) is 0 Å². The molecule has 0 aromatic heterocycles. The van der Waals surface area contributed by atoms with Crippen LogP contribution in [0.4, 0.5) is 26.3 Å². The SMILES string of the molecule is CCOc1ccc(C(COC(c2cccc(Oc3ccccc3)c2)C(F)(F)F)C(F)(F)F)cc1. The summed E-state index contributed by atoms with van der Waals surface area (Å²) in [5.74, 6) is -1.40. The van der Waals surface area contributed by atoms with Gasteiger partial charge in [-0.3, -0.25) is 0 Å². The molecule has 0 radical (unpaired) electrons. The van der Waals surface area contributed by atoms with Crippen molar-refractivity contribution in [2.24, 2.45) is 0 Å². The summed E-state index contributed by atoms with van der Waals surface area (Å²) in [6.45, 7) is 0.828. The summed E-state index contributed by atoms with van der Waals surface area (Å²) in [6.07, 6.45) is -12.3. The van der Waals surface area contributed by atoms with E-state index in [4.69, 9.17) is 14.2 Å². The molecule has 0 N–H and O–H groups in total. The average Bonchev–Trinajstić information content (AvgIpc) is 2.77. The first-order valence-electron chi connectivity index (χ1n) is 10.4. The molecular formula is C25H22F6O3. The topological polar surface area (TPSA) is 27.7 Å². The van der Waals surface area contributed by atoms with Crippen LogP contribution in [0.2, 0.25) is 0 Å². The van der Waals surface area contributed by atoms with Gasteiger partial charge in [-0.1, -0.05) is 42.5 Å². The molecule has 3 aromatic rings. The minimum atomic E-state index is -4.94. The first-order chi connectivity index (χ1) is 16.1. The van der Waals surface area contributed by atoms with Crippen molar-refractivity contribution in [3.63, 3.8) is 0 Å². The highest BCUT2D eigenvalue weighted by Crippen LogP contribution is 2.41. The maximum Gasteiger partial charge on any atom is 0.418 e. The molecule has 34 heavy (non-hydrogen) atoms. The fourth-order valence-electron chi connectivity index (χ4n) is 3.28. The first-order valence-corrected chi connectivity index (χ1v) is 10.4. The third kappa shape index (κ3) is 6.90. The van der Waals surface area contributed by atoms with E-state index >= 15 is 0 Å². The summed E-state index contributed by atoms with van der Waals surface area (Å²) in [7, 11) is 0. The van der Waals surface area contributed by atoms with Gasteiger partial charge >= 0.3 is 12.4 Å². The normalized spacial score (nSPS) is 13.9. The van der Waals surface area contributed by atoms with Crippen LogP contribution in [0.3, 0.4) is 0 Å². The molecule has 0 saturated carbocycles. The van der Waals surface area contributed by atoms with Crippen molar-refractivity contribution in [3.8, 4) is 17.2 Å². The van der Waals surface area contributed by atoms with Gasteiger partial charge in [0.2, 0.25) is 0 Å². The molecule has 2 atom stereocenters. The third-order valence-electron chi connectivity index (χ3n) is 4.86. The number of alkyl halides is 6. The second-order valence-corrected chi connectivity index (χ2v) is 7.34. The number of halogens is 6. The highest BCUT2D eigenvalue weighted by molar-refractivity contribution is 5.35. The largest absolute Gasteiger partial charge is 0.494 e. The Kier molecular flexibility index (Phi) is 8.09. The molecule has 0 amide bonds. The van der Waals surface area contributed by atoms with Gasteiger partial charge < -0.3 is 14.2 Å². The lowest BCUT2D eigenvalue weighted by molar-refractivity contribution is -0.237. The van der Waals surface area contributed by atoms with Gasteiger partial charge in [0.15, 0.2) is 6.10 Å². The van der Waals surface area contributed by atoms with Crippen LogP contribution in [0, 0.1) is 0 Å². The highest BCUT2D eigenvalue weighted by Gasteiger charge is 2.46. The lowest BCUT2D eigenvalue weighted by Crippen LogP contribution is -2.30. The monoisotopic (exact) mass is 484 g/mol. The fourth-order valence-corrected chi connectivity index (χ4v) is 3.28. The van der Waals surface area contributed by atoms with E-state index in [0.717, 1.165) is 12.1 Å². The first kappa shape index (κ1) is 25.4. The van der Waals surface area contributed by atoms with Crippen molar-refractivity contribution in [2.45, 2.75) is 31.3 Å². The van der Waals surface area contributed by atoms with Crippen LogP contribution in [0.15, 0.2) is 78.9 Å². The summed E-state index contributed by atoms with van der Waals surface area (Å²) in [6, 6.07) is 18.4. The lowest BCUT2D eigenvalue weighted by atomic mass is 9.99. The van der Waals surface area contributed by atoms with E-state index < -0.39 is 31.0 Å². The lowest BCUT2D eigenvalue weighted by Gasteiger charge is -2.26. The van der Waals surface area contributed by atoms with E-state index in [1.807, 2.05) is 0 Å². The van der Waals surface area contributed by atoms with Gasteiger partial charge in [0.1, 0.15) is 23.2 Å². The molecule has 0 spiro atoms. The smallest absolute Gasteiger partial charge is 0.418 e. The molecule has 3 aromatic carbocycles. The van der Waals surface area contributed by atoms with Crippen LogP contribution < -0.4 is 9.47 Å². The second kappa shape index (κ2) is 10.8. The van der Waals surface area contributed by atoms with Gasteiger partial charge in [-0.2, -0.15) is 26.3 Å². The van der Waals surface area contributed by atoms with Gasteiger partial charge in [-0.05, 0) is 54.4 Å². The zero-order chi connectivity index (χ0) is 24.8. The fraction of sp³-hybridized carbons (Fsp3) is 0.280. The van der Waals surface area contributed by atoms with E-state index in [1.54, 1.807) is 37.3 Å². The molecule has 182 valence electrons. The second-order valence-electron chi connectivity index (χ2n) is 7.34. The van der Waals surface area contributed by atoms with Crippen molar-refractivity contribution < 1.29 is 40.6 Å². The predicted octanol–water partition coefficient (Wildman–Crippen LogP) is 7.84. The van der Waals surface area contributed by atoms with E-state index in [2.05, 4.69) is 0 Å². The molecule has 0 aliphatic carbocycles. The van der Waals surface area contributed by atoms with E-state index in [9.17, 15) is 26.3 Å². The molecule has 3 nitrogen and oxygen atoms in total. The van der Waals surface area contributed by atoms with E-state index in [1.165, 1.54) is 36.4 Å². The van der Waals surface area contributed by atoms with Crippen LogP contribution >= 0.6 is 0 Å². The number of rotatable bonds is 9. The van der Waals surface area contributed by atoms with E-state index in [-0.39, 0.29) is 16.9 Å². The summed E-state index contributed by atoms with van der Waals surface area (Å²) in [5, 5.41) is 0. The zero-order valence-electron chi connectivity index (χ0n) is 18.1. The van der Waals surface area contributed by atoms with Crippen LogP contribution in [-0.4, -0.2) is 25.6 Å². The highest BCUT2D eigenvalue weighted by atomic mass is 19.4. The minimum Gasteiger partial charge on any atom is -0.494 e. The molecule has 0 aliphatic heterocycles. The third-order valence-corrected chi connectivity index (χ3v) is 4.86. The van der Waals surface area contributed by atoms with Crippen molar-refractivity contribution in [2.75, 3.05) is 13.2 Å². The zero-order valence-corrected chi connectivity index (χ0v) is 18.1. The molecular weight excluding hydrogens is 462 g/mol. The molecule has 0 fully saturated rings. The summed E-state index contributed by atoms with van der Waals surface area (Å²) < 4.78 is 98.1. The number of hydrogen-bond donors (Lipinski definition) is 0. The van der Waals surface area contributed by atoms with Crippen LogP contribution in [0.1, 0.15) is 30.1 Å². The Morgan fingerprint density at radius 2 is 1.32 bits per heavy atom. The molecule has 0 aliphatic rings. The van der Waals surface area contributed by atoms with Gasteiger partial charge in [-0.25, -0.2) is 0 Å². The van der Waals surface area contributed by atoms with Crippen molar-refractivity contribution in [1.29, 1.82) is 0 Å². The molecule has 9 heteroatoms. The van der Waals surface area contributed by atoms with Crippen LogP contribution in [0.5, 0.6) is 17.2 Å². The van der Waals surface area contributed by atoms with E-state index in [0.29, 0.717) is 18.1 Å². The average molecular weight is 484 g/mol. The van der Waals surface area contributed by atoms with Gasteiger partial charge in [0.25, 0.3) is 0 Å². The Labute approximate surface area is 192 Å². The van der Waals surface area contributed by atoms with Gasteiger partial charge in [-0.15, -0.1) is 0 Å². The number of ether oxygens (including phenoxy) is 3. The maximum absolute atomic E-state index is 13.8. The molecule has 2 unspecified atom stereocenters. The molecule has 0 heterocycles. The van der Waals surface area contributed by atoms with Gasteiger partial charge in [0.05, 0.1) is 13.2 Å². The Bertz CT molecular complexity index is 1030. The van der Waals surface area contributed by atoms with Crippen LogP contribution in [0.25, 0.3) is 0 Å². The van der Waals surface area contributed by atoms with Gasteiger partial charge in [0, 0.05) is 0 Å². The number of para-hydroxylation sites is 1. The van der Waals surface area contributed by atoms with Crippen molar-refractivity contribution in [3.05, 3.63) is 90.0 Å². The molecule has 0 bridgehead atoms. The summed E-state index contributed by atoms with van der Waals surface area (Å²) in [4.78, 5) is 0. The number of benzene rings is 3. The summed E-state index contributed by atoms with van der Waals surface area (Å²) >= 11 is 0. The Balaban J connectivity index is 1.82. The quantitative estimate of drug-likeness (QED) is 0.290. The molecule has 0 saturated heterocycles. The van der Waals surface area contributed by atoms with Crippen LogP contribution in [-0.2, 0) is 4.74 Å². The minimum absolute atomic E-state index is 0.0976. The Morgan fingerprint density at radius 1 is 0.676 bits per heavy atom. The standard InChI is InChI=1S/C25H22F6O3/c1-2-32-19-13-11-17(12-14-19)22(24(26,27)28)16-33-23(25(29,30)31)18-7-6-10-21(15-18)34-20-8-4-3-5-9-20/h3-15,22-23H,2,16H2,1H3. The number of hydrogen-bond acceptors (Lipinski definition) is 3. The Morgan fingerprint density at radius 3 is 1.91 bits per heavy atom. The van der Waals surface area contributed by atoms with Crippen molar-refractivity contribution >= 4 is 0 Å². The predicted molar refractivity (Wildman–Crippen MR) is 114 cm³/mol. The maximum atomic E-state index is 13.8. The summed E-state index contributed by atoms with van der Waals surface area (Å²) in [5.41, 5.74) is -0.591. The Hall–Kier alpha value is -3.20. The molecule has 3 rings (SSSR count).